The van der Waals surface area contributed by atoms with Crippen LogP contribution in [0.15, 0.2) is 47.4 Å². The zero-order chi connectivity index (χ0) is 16.8. The lowest BCUT2D eigenvalue weighted by Gasteiger charge is -2.15. The quantitative estimate of drug-likeness (QED) is 0.626. The summed E-state index contributed by atoms with van der Waals surface area (Å²) in [4.78, 5) is 13.4. The fraction of sp³-hybridized carbons (Fsp3) is 0.235. The fourth-order valence-electron chi connectivity index (χ4n) is 1.94. The molecule has 0 bridgehead atoms. The lowest BCUT2D eigenvalue weighted by atomic mass is 10.2. The minimum absolute atomic E-state index is 0.102. The van der Waals surface area contributed by atoms with Gasteiger partial charge in [0.05, 0.1) is 25.2 Å². The van der Waals surface area contributed by atoms with Crippen molar-refractivity contribution in [1.82, 2.24) is 0 Å². The monoisotopic (exact) mass is 332 g/mol. The summed E-state index contributed by atoms with van der Waals surface area (Å²) in [6.07, 6.45) is 0. The Hall–Kier alpha value is -2.34. The third-order valence-corrected chi connectivity index (χ3v) is 4.34. The number of nitrogens with two attached hydrogens (primary N) is 1. The van der Waals surface area contributed by atoms with Crippen LogP contribution in [0.1, 0.15) is 6.92 Å². The van der Waals surface area contributed by atoms with Crippen molar-refractivity contribution in [2.24, 2.45) is 0 Å². The first-order valence-corrected chi connectivity index (χ1v) is 7.96. The molecule has 5 nitrogen and oxygen atoms in total. The van der Waals surface area contributed by atoms with Crippen molar-refractivity contribution in [1.29, 1.82) is 0 Å². The van der Waals surface area contributed by atoms with Crippen LogP contribution in [-0.4, -0.2) is 25.4 Å². The second-order valence-corrected chi connectivity index (χ2v) is 6.30. The van der Waals surface area contributed by atoms with E-state index in [0.717, 1.165) is 4.90 Å². The summed E-state index contributed by atoms with van der Waals surface area (Å²) in [5.41, 5.74) is 6.98. The average Bonchev–Trinajstić information content (AvgIpc) is 2.57. The van der Waals surface area contributed by atoms with Gasteiger partial charge in [0.2, 0.25) is 5.91 Å². The van der Waals surface area contributed by atoms with Gasteiger partial charge < -0.3 is 20.5 Å². The minimum Gasteiger partial charge on any atom is -0.497 e. The number of thioether (sulfide) groups is 1. The van der Waals surface area contributed by atoms with Crippen molar-refractivity contribution in [3.05, 3.63) is 42.5 Å². The molecular weight excluding hydrogens is 312 g/mol. The lowest BCUT2D eigenvalue weighted by Crippen LogP contribution is -2.22. The lowest BCUT2D eigenvalue weighted by molar-refractivity contribution is -0.115. The van der Waals surface area contributed by atoms with Crippen molar-refractivity contribution in [3.63, 3.8) is 0 Å². The topological polar surface area (TPSA) is 73.6 Å². The summed E-state index contributed by atoms with van der Waals surface area (Å²) in [7, 11) is 3.13. The van der Waals surface area contributed by atoms with Crippen LogP contribution in [0.25, 0.3) is 0 Å². The Morgan fingerprint density at radius 3 is 2.43 bits per heavy atom. The maximum atomic E-state index is 12.4. The number of carbonyl (C=O) groups is 1. The average molecular weight is 332 g/mol. The molecule has 0 heterocycles. The highest BCUT2D eigenvalue weighted by molar-refractivity contribution is 8.00. The number of amides is 1. The Kier molecular flexibility index (Phi) is 5.76. The molecular formula is C17H20N2O3S. The molecule has 2 rings (SSSR count). The Balaban J connectivity index is 2.04. The van der Waals surface area contributed by atoms with Crippen LogP contribution < -0.4 is 20.5 Å². The Labute approximate surface area is 140 Å². The minimum atomic E-state index is -0.259. The molecule has 122 valence electrons. The molecule has 0 spiro atoms. The van der Waals surface area contributed by atoms with Gasteiger partial charge in [0.25, 0.3) is 0 Å². The molecule has 23 heavy (non-hydrogen) atoms. The zero-order valence-electron chi connectivity index (χ0n) is 13.3. The van der Waals surface area contributed by atoms with Crippen molar-refractivity contribution in [2.45, 2.75) is 17.1 Å². The molecule has 6 heteroatoms. The molecule has 0 saturated heterocycles. The first-order chi connectivity index (χ1) is 11.0. The van der Waals surface area contributed by atoms with Crippen molar-refractivity contribution in [3.8, 4) is 11.5 Å². The maximum Gasteiger partial charge on any atom is 0.237 e. The standard InChI is InChI=1S/C17H20N2O3S/c1-11(23-14-7-4-12(18)5-8-14)17(20)19-15-9-6-13(21-2)10-16(15)22-3/h4-11H,18H2,1-3H3,(H,19,20). The molecule has 2 aromatic rings. The van der Waals surface area contributed by atoms with Crippen LogP contribution in [0.4, 0.5) is 11.4 Å². The van der Waals surface area contributed by atoms with Gasteiger partial charge in [0.15, 0.2) is 0 Å². The van der Waals surface area contributed by atoms with E-state index in [2.05, 4.69) is 5.32 Å². The Bertz CT molecular complexity index is 674. The van der Waals surface area contributed by atoms with Gasteiger partial charge in [-0.25, -0.2) is 0 Å². The SMILES string of the molecule is COc1ccc(NC(=O)C(C)Sc2ccc(N)cc2)c(OC)c1. The summed E-state index contributed by atoms with van der Waals surface area (Å²) in [6.45, 7) is 1.85. The molecule has 1 atom stereocenters. The largest absolute Gasteiger partial charge is 0.497 e. The van der Waals surface area contributed by atoms with Crippen LogP contribution in [-0.2, 0) is 4.79 Å². The van der Waals surface area contributed by atoms with Crippen LogP contribution in [0.3, 0.4) is 0 Å². The van der Waals surface area contributed by atoms with E-state index in [1.54, 1.807) is 32.4 Å². The summed E-state index contributed by atoms with van der Waals surface area (Å²) in [5.74, 6) is 1.13. The second kappa shape index (κ2) is 7.78. The molecule has 0 aliphatic rings. The first kappa shape index (κ1) is 17.0. The highest BCUT2D eigenvalue weighted by Gasteiger charge is 2.16. The van der Waals surface area contributed by atoms with E-state index in [1.165, 1.54) is 11.8 Å². The normalized spacial score (nSPS) is 11.6. The molecule has 0 fully saturated rings. The zero-order valence-corrected chi connectivity index (χ0v) is 14.1. The van der Waals surface area contributed by atoms with E-state index in [0.29, 0.717) is 22.9 Å². The summed E-state index contributed by atoms with van der Waals surface area (Å²) >= 11 is 1.47. The smallest absolute Gasteiger partial charge is 0.237 e. The van der Waals surface area contributed by atoms with Gasteiger partial charge in [0, 0.05) is 16.6 Å². The van der Waals surface area contributed by atoms with Crippen LogP contribution >= 0.6 is 11.8 Å². The third-order valence-electron chi connectivity index (χ3n) is 3.23. The van der Waals surface area contributed by atoms with E-state index in [4.69, 9.17) is 15.2 Å². The molecule has 0 aromatic heterocycles. The molecule has 0 aliphatic carbocycles. The van der Waals surface area contributed by atoms with Gasteiger partial charge in [-0.15, -0.1) is 11.8 Å². The fourth-order valence-corrected chi connectivity index (χ4v) is 2.81. The van der Waals surface area contributed by atoms with Crippen LogP contribution in [0.2, 0.25) is 0 Å². The number of nitrogen functional groups attached to an aromatic ring is 1. The molecule has 0 radical (unpaired) electrons. The van der Waals surface area contributed by atoms with Gasteiger partial charge in [-0.3, -0.25) is 4.79 Å². The maximum absolute atomic E-state index is 12.4. The first-order valence-electron chi connectivity index (χ1n) is 7.08. The number of carbonyl (C=O) groups excluding carboxylic acids is 1. The van der Waals surface area contributed by atoms with Crippen molar-refractivity contribution in [2.75, 3.05) is 25.3 Å². The number of rotatable bonds is 6. The number of anilines is 2. The van der Waals surface area contributed by atoms with Gasteiger partial charge in [-0.2, -0.15) is 0 Å². The van der Waals surface area contributed by atoms with Crippen molar-refractivity contribution < 1.29 is 14.3 Å². The summed E-state index contributed by atoms with van der Waals surface area (Å²) in [6, 6.07) is 12.7. The van der Waals surface area contributed by atoms with E-state index in [-0.39, 0.29) is 11.2 Å². The number of hydrogen-bond acceptors (Lipinski definition) is 5. The molecule has 3 N–H and O–H groups in total. The van der Waals surface area contributed by atoms with E-state index >= 15 is 0 Å². The van der Waals surface area contributed by atoms with E-state index in [1.807, 2.05) is 31.2 Å². The summed E-state index contributed by atoms with van der Waals surface area (Å²) in [5, 5.41) is 2.62. The second-order valence-electron chi connectivity index (χ2n) is 4.88. The van der Waals surface area contributed by atoms with Gasteiger partial charge in [-0.05, 0) is 43.3 Å². The number of ether oxygens (including phenoxy) is 2. The number of methoxy groups -OCH3 is 2. The molecule has 1 unspecified atom stereocenters. The molecule has 2 aromatic carbocycles. The van der Waals surface area contributed by atoms with Gasteiger partial charge >= 0.3 is 0 Å². The molecule has 0 aliphatic heterocycles. The molecule has 0 saturated carbocycles. The number of nitrogens with one attached hydrogen (secondary N) is 1. The van der Waals surface area contributed by atoms with Gasteiger partial charge in [-0.1, -0.05) is 0 Å². The Morgan fingerprint density at radius 1 is 1.13 bits per heavy atom. The predicted octanol–water partition coefficient (Wildman–Crippen LogP) is 3.41. The van der Waals surface area contributed by atoms with E-state index < -0.39 is 0 Å². The van der Waals surface area contributed by atoms with Crippen LogP contribution in [0, 0.1) is 0 Å². The third kappa shape index (κ3) is 4.56. The van der Waals surface area contributed by atoms with Gasteiger partial charge in [0.1, 0.15) is 11.5 Å². The van der Waals surface area contributed by atoms with Crippen LogP contribution in [0.5, 0.6) is 11.5 Å². The summed E-state index contributed by atoms with van der Waals surface area (Å²) < 4.78 is 10.4. The Morgan fingerprint density at radius 2 is 1.83 bits per heavy atom. The van der Waals surface area contributed by atoms with Crippen molar-refractivity contribution >= 4 is 29.0 Å². The van der Waals surface area contributed by atoms with E-state index in [9.17, 15) is 4.79 Å². The number of hydrogen-bond donors (Lipinski definition) is 2. The highest BCUT2D eigenvalue weighted by Crippen LogP contribution is 2.30. The predicted molar refractivity (Wildman–Crippen MR) is 94.3 cm³/mol. The molecule has 1 amide bonds. The number of benzene rings is 2. The highest BCUT2D eigenvalue weighted by atomic mass is 32.2.